The molecule has 3 aromatic rings. The molecule has 202 valence electrons. The summed E-state index contributed by atoms with van der Waals surface area (Å²) in [6, 6.07) is 10.1. The Hall–Kier alpha value is -2.43. The van der Waals surface area contributed by atoms with Crippen LogP contribution in [-0.2, 0) is 38.4 Å². The second-order valence-electron chi connectivity index (χ2n) is 9.99. The first-order chi connectivity index (χ1) is 18.2. The number of halogens is 2. The molecule has 5 rings (SSSR count). The molecule has 2 aliphatic rings. The SMILES string of the molecule is CC(CN)OS(=O)(=O)c1ccc(-c2cc(Cl)c(C[C@@H]3CCN(C4CCc5[nH]cnc5C4)C3=O)c(Cl)c2)cc1. The molecule has 1 aromatic heterocycles. The fourth-order valence-electron chi connectivity index (χ4n) is 5.30. The molecule has 1 saturated heterocycles. The minimum absolute atomic E-state index is 0.0427. The molecule has 2 unspecified atom stereocenters. The first-order valence-electron chi connectivity index (χ1n) is 12.7. The highest BCUT2D eigenvalue weighted by Crippen LogP contribution is 2.36. The first-order valence-corrected chi connectivity index (χ1v) is 14.9. The number of nitrogens with two attached hydrogens (primary N) is 1. The van der Waals surface area contributed by atoms with Crippen LogP contribution >= 0.6 is 23.2 Å². The van der Waals surface area contributed by atoms with E-state index < -0.39 is 16.2 Å². The van der Waals surface area contributed by atoms with E-state index in [4.69, 9.17) is 33.1 Å². The van der Waals surface area contributed by atoms with E-state index in [-0.39, 0.29) is 29.3 Å². The molecule has 0 bridgehead atoms. The van der Waals surface area contributed by atoms with Gasteiger partial charge in [-0.2, -0.15) is 8.42 Å². The third-order valence-corrected chi connectivity index (χ3v) is 9.55. The van der Waals surface area contributed by atoms with Crippen LogP contribution in [0.3, 0.4) is 0 Å². The van der Waals surface area contributed by atoms with Gasteiger partial charge in [0.25, 0.3) is 10.1 Å². The van der Waals surface area contributed by atoms with Crippen molar-refractivity contribution in [3.05, 3.63) is 69.7 Å². The van der Waals surface area contributed by atoms with E-state index in [0.717, 1.165) is 54.6 Å². The number of likely N-dealkylation sites (tertiary alicyclic amines) is 1. The lowest BCUT2D eigenvalue weighted by atomic mass is 9.94. The number of carbonyl (C=O) groups excluding carboxylic acids is 1. The second-order valence-corrected chi connectivity index (χ2v) is 12.4. The summed E-state index contributed by atoms with van der Waals surface area (Å²) in [4.78, 5) is 23.0. The Kier molecular flexibility index (Phi) is 7.84. The maximum atomic E-state index is 13.3. The first kappa shape index (κ1) is 27.1. The van der Waals surface area contributed by atoms with Gasteiger partial charge in [-0.05, 0) is 73.6 Å². The molecule has 0 saturated carbocycles. The van der Waals surface area contributed by atoms with Crippen LogP contribution in [0.25, 0.3) is 11.1 Å². The molecule has 1 aliphatic heterocycles. The second kappa shape index (κ2) is 11.0. The number of hydrogen-bond acceptors (Lipinski definition) is 6. The Morgan fingerprint density at radius 1 is 1.16 bits per heavy atom. The quantitative estimate of drug-likeness (QED) is 0.384. The molecule has 1 amide bonds. The number of fused-ring (bicyclic) bond motifs is 1. The predicted molar refractivity (Wildman–Crippen MR) is 147 cm³/mol. The van der Waals surface area contributed by atoms with Gasteiger partial charge >= 0.3 is 0 Å². The zero-order valence-electron chi connectivity index (χ0n) is 21.0. The molecule has 0 spiro atoms. The molecule has 38 heavy (non-hydrogen) atoms. The van der Waals surface area contributed by atoms with Crippen molar-refractivity contribution in [1.82, 2.24) is 14.9 Å². The number of nitrogens with zero attached hydrogens (tertiary/aromatic N) is 2. The third-order valence-electron chi connectivity index (χ3n) is 7.45. The molecule has 3 atom stereocenters. The summed E-state index contributed by atoms with van der Waals surface area (Å²) in [5, 5.41) is 0.962. The fraction of sp³-hybridized carbons (Fsp3) is 0.407. The van der Waals surface area contributed by atoms with Gasteiger partial charge in [0.1, 0.15) is 0 Å². The van der Waals surface area contributed by atoms with E-state index in [1.807, 2.05) is 4.90 Å². The Morgan fingerprint density at radius 2 is 1.87 bits per heavy atom. The molecule has 2 heterocycles. The molecular weight excluding hydrogens is 547 g/mol. The number of hydrogen-bond donors (Lipinski definition) is 2. The highest BCUT2D eigenvalue weighted by atomic mass is 35.5. The van der Waals surface area contributed by atoms with Gasteiger partial charge in [0.05, 0.1) is 23.0 Å². The minimum atomic E-state index is -3.91. The fourth-order valence-corrected chi connectivity index (χ4v) is 7.03. The molecule has 0 radical (unpaired) electrons. The Bertz CT molecular complexity index is 1420. The van der Waals surface area contributed by atoms with Crippen LogP contribution in [0.15, 0.2) is 47.6 Å². The van der Waals surface area contributed by atoms with E-state index in [0.29, 0.717) is 16.5 Å². The number of nitrogens with one attached hydrogen (secondary N) is 1. The summed E-state index contributed by atoms with van der Waals surface area (Å²) in [7, 11) is -3.91. The molecule has 11 heteroatoms. The van der Waals surface area contributed by atoms with Crippen LogP contribution in [0.4, 0.5) is 0 Å². The smallest absolute Gasteiger partial charge is 0.297 e. The van der Waals surface area contributed by atoms with E-state index in [2.05, 4.69) is 9.97 Å². The lowest BCUT2D eigenvalue weighted by Gasteiger charge is -2.31. The number of aryl methyl sites for hydroxylation is 1. The molecular formula is C27H30Cl2N4O4S. The highest BCUT2D eigenvalue weighted by Gasteiger charge is 2.38. The maximum absolute atomic E-state index is 13.3. The molecule has 8 nitrogen and oxygen atoms in total. The van der Waals surface area contributed by atoms with E-state index in [9.17, 15) is 13.2 Å². The van der Waals surface area contributed by atoms with Crippen LogP contribution in [0.5, 0.6) is 0 Å². The summed E-state index contributed by atoms with van der Waals surface area (Å²) in [6.07, 6.45) is 4.97. The summed E-state index contributed by atoms with van der Waals surface area (Å²) in [6.45, 7) is 2.42. The highest BCUT2D eigenvalue weighted by molar-refractivity contribution is 7.86. The van der Waals surface area contributed by atoms with Gasteiger partial charge in [0.2, 0.25) is 5.91 Å². The molecule has 1 aliphatic carbocycles. The van der Waals surface area contributed by atoms with Gasteiger partial charge in [-0.25, -0.2) is 4.98 Å². The normalized spacial score (nSPS) is 20.5. The van der Waals surface area contributed by atoms with Gasteiger partial charge < -0.3 is 15.6 Å². The summed E-state index contributed by atoms with van der Waals surface area (Å²) in [5.41, 5.74) is 9.96. The average molecular weight is 578 g/mol. The van der Waals surface area contributed by atoms with Crippen molar-refractivity contribution in [2.24, 2.45) is 11.7 Å². The van der Waals surface area contributed by atoms with Crippen LogP contribution in [0.2, 0.25) is 10.0 Å². The van der Waals surface area contributed by atoms with Crippen LogP contribution in [0, 0.1) is 5.92 Å². The zero-order chi connectivity index (χ0) is 27.0. The number of benzene rings is 2. The van der Waals surface area contributed by atoms with Crippen LogP contribution in [-0.4, -0.2) is 54.4 Å². The van der Waals surface area contributed by atoms with Crippen molar-refractivity contribution >= 4 is 39.2 Å². The van der Waals surface area contributed by atoms with Gasteiger partial charge in [0.15, 0.2) is 0 Å². The van der Waals surface area contributed by atoms with Gasteiger partial charge in [0, 0.05) is 47.2 Å². The minimum Gasteiger partial charge on any atom is -0.348 e. The van der Waals surface area contributed by atoms with Crippen molar-refractivity contribution in [3.63, 3.8) is 0 Å². The summed E-state index contributed by atoms with van der Waals surface area (Å²) in [5.74, 6) is -0.0231. The molecule has 1 fully saturated rings. The molecule has 3 N–H and O–H groups in total. The predicted octanol–water partition coefficient (Wildman–Crippen LogP) is 4.38. The number of aromatic amines is 1. The number of aromatic nitrogens is 2. The zero-order valence-corrected chi connectivity index (χ0v) is 23.3. The largest absolute Gasteiger partial charge is 0.348 e. The van der Waals surface area contributed by atoms with Crippen molar-refractivity contribution in [2.75, 3.05) is 13.1 Å². The standard InChI is InChI=1S/C27H30Cl2N4O4S/c1-16(14-30)37-38(35,36)21-5-2-17(3-6-21)19-11-23(28)22(24(29)12-19)10-18-8-9-33(27(18)34)20-4-7-25-26(13-20)32-15-31-25/h2-3,5-6,11-12,15-16,18,20H,4,7-10,13-14,30H2,1H3,(H,31,32)/t16?,18-,20?/m0/s1. The Morgan fingerprint density at radius 3 is 2.55 bits per heavy atom. The maximum Gasteiger partial charge on any atom is 0.297 e. The van der Waals surface area contributed by atoms with Crippen molar-refractivity contribution in [1.29, 1.82) is 0 Å². The van der Waals surface area contributed by atoms with E-state index >= 15 is 0 Å². The topological polar surface area (TPSA) is 118 Å². The van der Waals surface area contributed by atoms with Crippen molar-refractivity contribution in [3.8, 4) is 11.1 Å². The Balaban J connectivity index is 1.28. The lowest BCUT2D eigenvalue weighted by molar-refractivity contribution is -0.133. The van der Waals surface area contributed by atoms with Crippen LogP contribution in [0.1, 0.15) is 36.7 Å². The van der Waals surface area contributed by atoms with Crippen molar-refractivity contribution < 1.29 is 17.4 Å². The Labute approximate surface area is 232 Å². The number of amides is 1. The van der Waals surface area contributed by atoms with Gasteiger partial charge in [-0.15, -0.1) is 0 Å². The van der Waals surface area contributed by atoms with Crippen LogP contribution < -0.4 is 5.73 Å². The average Bonchev–Trinajstić information content (AvgIpc) is 3.51. The number of rotatable bonds is 8. The monoisotopic (exact) mass is 576 g/mol. The number of H-pyrrole nitrogens is 1. The van der Waals surface area contributed by atoms with Crippen molar-refractivity contribution in [2.45, 2.75) is 56.1 Å². The van der Waals surface area contributed by atoms with E-state index in [1.54, 1.807) is 37.5 Å². The summed E-state index contributed by atoms with van der Waals surface area (Å²) < 4.78 is 29.9. The number of carbonyl (C=O) groups is 1. The number of imidazole rings is 1. The summed E-state index contributed by atoms with van der Waals surface area (Å²) >= 11 is 13.3. The lowest BCUT2D eigenvalue weighted by Crippen LogP contribution is -2.41. The molecule has 2 aromatic carbocycles. The van der Waals surface area contributed by atoms with Gasteiger partial charge in [-0.1, -0.05) is 35.3 Å². The van der Waals surface area contributed by atoms with Gasteiger partial charge in [-0.3, -0.25) is 8.98 Å². The van der Waals surface area contributed by atoms with E-state index in [1.165, 1.54) is 17.8 Å². The third kappa shape index (κ3) is 5.49.